The lowest BCUT2D eigenvalue weighted by molar-refractivity contribution is 0.0688. The number of phenols is 1. The van der Waals surface area contributed by atoms with Gasteiger partial charge in [0.1, 0.15) is 11.6 Å². The van der Waals surface area contributed by atoms with Crippen LogP contribution in [-0.4, -0.2) is 40.2 Å². The van der Waals surface area contributed by atoms with Crippen LogP contribution in [0.1, 0.15) is 30.6 Å². The fourth-order valence-corrected chi connectivity index (χ4v) is 1.67. The van der Waals surface area contributed by atoms with Gasteiger partial charge in [-0.3, -0.25) is 4.79 Å². The van der Waals surface area contributed by atoms with E-state index in [0.717, 1.165) is 6.07 Å². The summed E-state index contributed by atoms with van der Waals surface area (Å²) >= 11 is 0. The Morgan fingerprint density at radius 3 is 2.61 bits per heavy atom. The molecule has 1 aromatic rings. The van der Waals surface area contributed by atoms with Gasteiger partial charge in [0.2, 0.25) is 0 Å². The van der Waals surface area contributed by atoms with Crippen molar-refractivity contribution >= 4 is 5.91 Å². The lowest BCUT2D eigenvalue weighted by atomic mass is 10.1. The fraction of sp³-hybridized carbons (Fsp3) is 0.462. The van der Waals surface area contributed by atoms with Crippen LogP contribution in [0.4, 0.5) is 4.39 Å². The van der Waals surface area contributed by atoms with Crippen molar-refractivity contribution in [2.45, 2.75) is 26.3 Å². The van der Waals surface area contributed by atoms with Gasteiger partial charge in [0.05, 0.1) is 5.56 Å². The monoisotopic (exact) mass is 255 g/mol. The van der Waals surface area contributed by atoms with Crippen LogP contribution < -0.4 is 0 Å². The van der Waals surface area contributed by atoms with Crippen LogP contribution in [0.15, 0.2) is 18.2 Å². The first-order chi connectivity index (χ1) is 8.47. The van der Waals surface area contributed by atoms with E-state index >= 15 is 0 Å². The molecule has 0 aliphatic carbocycles. The largest absolute Gasteiger partial charge is 0.508 e. The summed E-state index contributed by atoms with van der Waals surface area (Å²) in [6, 6.07) is 3.37. The van der Waals surface area contributed by atoms with Gasteiger partial charge >= 0.3 is 0 Å². The number of rotatable bonds is 5. The first kappa shape index (κ1) is 14.4. The van der Waals surface area contributed by atoms with Gasteiger partial charge in [-0.05, 0) is 32.4 Å². The molecule has 0 heterocycles. The summed E-state index contributed by atoms with van der Waals surface area (Å²) in [4.78, 5) is 13.6. The van der Waals surface area contributed by atoms with E-state index in [2.05, 4.69) is 0 Å². The predicted molar refractivity (Wildman–Crippen MR) is 65.9 cm³/mol. The molecule has 0 spiro atoms. The maximum absolute atomic E-state index is 13.6. The highest BCUT2D eigenvalue weighted by molar-refractivity contribution is 5.94. The Morgan fingerprint density at radius 2 is 2.11 bits per heavy atom. The van der Waals surface area contributed by atoms with Crippen LogP contribution in [0.25, 0.3) is 0 Å². The number of phenolic OH excluding ortho intramolecular Hbond substituents is 1. The molecule has 0 radical (unpaired) electrons. The van der Waals surface area contributed by atoms with Crippen molar-refractivity contribution in [3.05, 3.63) is 29.6 Å². The van der Waals surface area contributed by atoms with Gasteiger partial charge < -0.3 is 15.1 Å². The summed E-state index contributed by atoms with van der Waals surface area (Å²) in [6.45, 7) is 4.00. The molecular formula is C13H18FNO3. The molecule has 0 aromatic heterocycles. The van der Waals surface area contributed by atoms with Crippen molar-refractivity contribution in [3.63, 3.8) is 0 Å². The third-order valence-electron chi connectivity index (χ3n) is 2.62. The SMILES string of the molecule is CC(C)N(CCCO)C(=O)c1ccc(O)cc1F. The molecule has 100 valence electrons. The van der Waals surface area contributed by atoms with E-state index in [4.69, 9.17) is 10.2 Å². The number of nitrogens with zero attached hydrogens (tertiary/aromatic N) is 1. The highest BCUT2D eigenvalue weighted by Crippen LogP contribution is 2.18. The smallest absolute Gasteiger partial charge is 0.257 e. The number of hydrogen-bond acceptors (Lipinski definition) is 3. The minimum absolute atomic E-state index is 0.0193. The highest BCUT2D eigenvalue weighted by atomic mass is 19.1. The van der Waals surface area contributed by atoms with Crippen LogP contribution in [-0.2, 0) is 0 Å². The van der Waals surface area contributed by atoms with Crippen molar-refractivity contribution in [1.29, 1.82) is 0 Å². The van der Waals surface area contributed by atoms with Gasteiger partial charge in [-0.15, -0.1) is 0 Å². The number of amides is 1. The second-order valence-corrected chi connectivity index (χ2v) is 4.33. The van der Waals surface area contributed by atoms with E-state index in [1.165, 1.54) is 17.0 Å². The molecule has 0 aliphatic heterocycles. The van der Waals surface area contributed by atoms with Crippen LogP contribution in [0.5, 0.6) is 5.75 Å². The molecule has 0 bridgehead atoms. The topological polar surface area (TPSA) is 60.8 Å². The van der Waals surface area contributed by atoms with Gasteiger partial charge in [-0.2, -0.15) is 0 Å². The van der Waals surface area contributed by atoms with E-state index in [-0.39, 0.29) is 24.0 Å². The Balaban J connectivity index is 2.94. The highest BCUT2D eigenvalue weighted by Gasteiger charge is 2.21. The molecule has 1 rings (SSSR count). The Bertz CT molecular complexity index is 421. The van der Waals surface area contributed by atoms with Crippen LogP contribution in [0, 0.1) is 5.82 Å². The maximum atomic E-state index is 13.6. The summed E-state index contributed by atoms with van der Waals surface area (Å²) in [5.74, 6) is -1.39. The molecular weight excluding hydrogens is 237 g/mol. The van der Waals surface area contributed by atoms with E-state index in [0.29, 0.717) is 13.0 Å². The van der Waals surface area contributed by atoms with Crippen molar-refractivity contribution in [1.82, 2.24) is 4.90 Å². The van der Waals surface area contributed by atoms with Gasteiger partial charge in [0.15, 0.2) is 0 Å². The normalized spacial score (nSPS) is 10.7. The van der Waals surface area contributed by atoms with Gasteiger partial charge in [0.25, 0.3) is 5.91 Å². The summed E-state index contributed by atoms with van der Waals surface area (Å²) in [5.41, 5.74) is -0.0700. The zero-order valence-corrected chi connectivity index (χ0v) is 10.6. The number of aliphatic hydroxyl groups is 1. The number of carbonyl (C=O) groups excluding carboxylic acids is 1. The second-order valence-electron chi connectivity index (χ2n) is 4.33. The van der Waals surface area contributed by atoms with Crippen molar-refractivity contribution in [3.8, 4) is 5.75 Å². The molecule has 4 nitrogen and oxygen atoms in total. The van der Waals surface area contributed by atoms with E-state index in [9.17, 15) is 9.18 Å². The maximum Gasteiger partial charge on any atom is 0.257 e. The third kappa shape index (κ3) is 3.43. The minimum Gasteiger partial charge on any atom is -0.508 e. The Hall–Kier alpha value is -1.62. The Morgan fingerprint density at radius 1 is 1.44 bits per heavy atom. The third-order valence-corrected chi connectivity index (χ3v) is 2.62. The standard InChI is InChI=1S/C13H18FNO3/c1-9(2)15(6-3-7-16)13(18)11-5-4-10(17)8-12(11)14/h4-5,8-9,16-17H,3,6-7H2,1-2H3. The van der Waals surface area contributed by atoms with E-state index < -0.39 is 11.7 Å². The molecule has 0 fully saturated rings. The summed E-state index contributed by atoms with van der Waals surface area (Å²) in [5, 5.41) is 17.9. The average Bonchev–Trinajstić information content (AvgIpc) is 2.28. The van der Waals surface area contributed by atoms with Gasteiger partial charge in [-0.1, -0.05) is 0 Å². The predicted octanol–water partition coefficient (Wildman–Crippen LogP) is 1.76. The van der Waals surface area contributed by atoms with E-state index in [1.807, 2.05) is 13.8 Å². The summed E-state index contributed by atoms with van der Waals surface area (Å²) in [7, 11) is 0. The van der Waals surface area contributed by atoms with Crippen molar-refractivity contribution < 1.29 is 19.4 Å². The van der Waals surface area contributed by atoms with Crippen LogP contribution >= 0.6 is 0 Å². The molecule has 0 saturated carbocycles. The summed E-state index contributed by atoms with van der Waals surface area (Å²) in [6.07, 6.45) is 0.448. The minimum atomic E-state index is -0.741. The molecule has 1 amide bonds. The number of carbonyl (C=O) groups is 1. The van der Waals surface area contributed by atoms with E-state index in [1.54, 1.807) is 0 Å². The lowest BCUT2D eigenvalue weighted by Crippen LogP contribution is -2.38. The first-order valence-electron chi connectivity index (χ1n) is 5.87. The van der Waals surface area contributed by atoms with Gasteiger partial charge in [-0.25, -0.2) is 4.39 Å². The zero-order valence-electron chi connectivity index (χ0n) is 10.6. The molecule has 18 heavy (non-hydrogen) atoms. The molecule has 0 aliphatic rings. The molecule has 5 heteroatoms. The second kappa shape index (κ2) is 6.35. The van der Waals surface area contributed by atoms with Gasteiger partial charge in [0, 0.05) is 25.3 Å². The fourth-order valence-electron chi connectivity index (χ4n) is 1.67. The molecule has 2 N–H and O–H groups in total. The number of halogens is 1. The quantitative estimate of drug-likeness (QED) is 0.843. The Labute approximate surface area is 106 Å². The molecule has 0 saturated heterocycles. The zero-order chi connectivity index (χ0) is 13.7. The van der Waals surface area contributed by atoms with Crippen molar-refractivity contribution in [2.24, 2.45) is 0 Å². The Kier molecular flexibility index (Phi) is 5.09. The number of benzene rings is 1. The number of aliphatic hydroxyl groups excluding tert-OH is 1. The number of hydrogen-bond donors (Lipinski definition) is 2. The van der Waals surface area contributed by atoms with Crippen LogP contribution in [0.3, 0.4) is 0 Å². The first-order valence-corrected chi connectivity index (χ1v) is 5.87. The van der Waals surface area contributed by atoms with Crippen molar-refractivity contribution in [2.75, 3.05) is 13.2 Å². The number of aromatic hydroxyl groups is 1. The lowest BCUT2D eigenvalue weighted by Gasteiger charge is -2.26. The molecule has 1 aromatic carbocycles. The van der Waals surface area contributed by atoms with Crippen LogP contribution in [0.2, 0.25) is 0 Å². The molecule has 0 unspecified atom stereocenters. The molecule has 0 atom stereocenters. The average molecular weight is 255 g/mol. The summed E-state index contributed by atoms with van der Waals surface area (Å²) < 4.78 is 13.6.